The van der Waals surface area contributed by atoms with E-state index in [2.05, 4.69) is 27.0 Å². The number of hydrogen-bond donors (Lipinski definition) is 0. The van der Waals surface area contributed by atoms with Gasteiger partial charge in [0, 0.05) is 21.8 Å². The van der Waals surface area contributed by atoms with E-state index in [0.717, 1.165) is 32.7 Å². The molecule has 4 rings (SSSR count). The van der Waals surface area contributed by atoms with Crippen LogP contribution >= 0.6 is 15.9 Å². The number of hydrogen-bond acceptors (Lipinski definition) is 5. The molecule has 0 saturated carbocycles. The molecule has 0 fully saturated rings. The van der Waals surface area contributed by atoms with Crippen molar-refractivity contribution in [2.75, 3.05) is 14.2 Å². The van der Waals surface area contributed by atoms with Gasteiger partial charge in [-0.2, -0.15) is 5.26 Å². The van der Waals surface area contributed by atoms with Crippen molar-refractivity contribution in [1.82, 2.24) is 0 Å². The topological polar surface area (TPSA) is 67.8 Å². The van der Waals surface area contributed by atoms with Gasteiger partial charge in [-0.1, -0.05) is 40.2 Å². The average Bonchev–Trinajstić information content (AvgIpc) is 3.21. The number of rotatable bonds is 6. The summed E-state index contributed by atoms with van der Waals surface area (Å²) in [6.07, 6.45) is 1.68. The van der Waals surface area contributed by atoms with Crippen molar-refractivity contribution in [2.45, 2.75) is 0 Å². The van der Waals surface area contributed by atoms with E-state index >= 15 is 0 Å². The summed E-state index contributed by atoms with van der Waals surface area (Å²) >= 11 is 3.46. The molecule has 0 aliphatic carbocycles. The summed E-state index contributed by atoms with van der Waals surface area (Å²) in [5.41, 5.74) is 3.59. The number of nitriles is 1. The standard InChI is InChI=1S/C26H19BrN2O3/c1-30-21-10-6-18(7-11-21)24-23(15-28)26(29-16-17-4-3-5-20(27)14-17)32-25(24)19-8-12-22(31-2)13-9-19/h3-14,16H,1-2H3/b29-16+. The third-order valence-electron chi connectivity index (χ3n) is 4.91. The SMILES string of the molecule is COc1ccc(-c2oc(/N=C/c3cccc(Br)c3)c(C#N)c2-c2ccc(OC)cc2)cc1. The fourth-order valence-corrected chi connectivity index (χ4v) is 3.73. The molecule has 32 heavy (non-hydrogen) atoms. The Balaban J connectivity index is 1.87. The molecule has 0 unspecified atom stereocenters. The summed E-state index contributed by atoms with van der Waals surface area (Å²) in [7, 11) is 3.23. The normalized spacial score (nSPS) is 10.8. The molecule has 0 bridgehead atoms. The molecule has 0 radical (unpaired) electrons. The zero-order chi connectivity index (χ0) is 22.5. The van der Waals surface area contributed by atoms with Crippen LogP contribution in [0.3, 0.4) is 0 Å². The number of halogens is 1. The van der Waals surface area contributed by atoms with Crippen LogP contribution in [0.2, 0.25) is 0 Å². The number of ether oxygens (including phenoxy) is 2. The highest BCUT2D eigenvalue weighted by atomic mass is 79.9. The molecule has 0 atom stereocenters. The Hall–Kier alpha value is -3.82. The van der Waals surface area contributed by atoms with Gasteiger partial charge in [0.2, 0.25) is 5.88 Å². The Morgan fingerprint density at radius 1 is 0.906 bits per heavy atom. The fourth-order valence-electron chi connectivity index (χ4n) is 3.31. The lowest BCUT2D eigenvalue weighted by molar-refractivity contribution is 0.414. The first-order chi connectivity index (χ1) is 15.6. The molecular formula is C26H19BrN2O3. The molecule has 0 amide bonds. The fraction of sp³-hybridized carbons (Fsp3) is 0.0769. The van der Waals surface area contributed by atoms with E-state index in [1.54, 1.807) is 20.4 Å². The van der Waals surface area contributed by atoms with Crippen LogP contribution in [0.4, 0.5) is 5.88 Å². The first-order valence-electron chi connectivity index (χ1n) is 9.78. The van der Waals surface area contributed by atoms with Crippen molar-refractivity contribution in [3.8, 4) is 40.0 Å². The maximum Gasteiger partial charge on any atom is 0.238 e. The molecule has 0 aliphatic heterocycles. The zero-order valence-corrected chi connectivity index (χ0v) is 19.1. The Morgan fingerprint density at radius 3 is 2.09 bits per heavy atom. The van der Waals surface area contributed by atoms with Crippen LogP contribution in [0.15, 0.2) is 86.7 Å². The number of aliphatic imine (C=N–C) groups is 1. The van der Waals surface area contributed by atoms with Crippen LogP contribution in [0.25, 0.3) is 22.5 Å². The molecule has 3 aromatic carbocycles. The van der Waals surface area contributed by atoms with Crippen molar-refractivity contribution >= 4 is 28.0 Å². The van der Waals surface area contributed by atoms with E-state index in [1.807, 2.05) is 72.8 Å². The smallest absolute Gasteiger partial charge is 0.238 e. The van der Waals surface area contributed by atoms with Gasteiger partial charge in [-0.25, -0.2) is 4.99 Å². The molecule has 0 N–H and O–H groups in total. The second-order valence-electron chi connectivity index (χ2n) is 6.87. The van der Waals surface area contributed by atoms with Gasteiger partial charge in [0.1, 0.15) is 28.9 Å². The van der Waals surface area contributed by atoms with Crippen LogP contribution in [-0.4, -0.2) is 20.4 Å². The summed E-state index contributed by atoms with van der Waals surface area (Å²) in [4.78, 5) is 4.50. The highest BCUT2D eigenvalue weighted by Gasteiger charge is 2.23. The molecule has 1 heterocycles. The maximum atomic E-state index is 10.0. The van der Waals surface area contributed by atoms with Gasteiger partial charge >= 0.3 is 0 Å². The highest BCUT2D eigenvalue weighted by molar-refractivity contribution is 9.10. The van der Waals surface area contributed by atoms with Gasteiger partial charge in [-0.3, -0.25) is 0 Å². The summed E-state index contributed by atoms with van der Waals surface area (Å²) in [6, 6.07) is 25.0. The molecule has 1 aromatic heterocycles. The third-order valence-corrected chi connectivity index (χ3v) is 5.41. The van der Waals surface area contributed by atoms with Gasteiger partial charge < -0.3 is 13.9 Å². The molecule has 0 spiro atoms. The highest BCUT2D eigenvalue weighted by Crippen LogP contribution is 2.43. The minimum atomic E-state index is 0.254. The van der Waals surface area contributed by atoms with Crippen molar-refractivity contribution in [3.63, 3.8) is 0 Å². The first kappa shape index (κ1) is 21.4. The van der Waals surface area contributed by atoms with Crippen molar-refractivity contribution < 1.29 is 13.9 Å². The van der Waals surface area contributed by atoms with E-state index < -0.39 is 0 Å². The van der Waals surface area contributed by atoms with Gasteiger partial charge in [0.15, 0.2) is 0 Å². The minimum Gasteiger partial charge on any atom is -0.497 e. The van der Waals surface area contributed by atoms with Gasteiger partial charge in [0.25, 0.3) is 0 Å². The summed E-state index contributed by atoms with van der Waals surface area (Å²) in [5, 5.41) is 10.0. The van der Waals surface area contributed by atoms with Crippen molar-refractivity contribution in [2.24, 2.45) is 4.99 Å². The number of furan rings is 1. The Kier molecular flexibility index (Phi) is 6.39. The third kappa shape index (κ3) is 4.43. The van der Waals surface area contributed by atoms with E-state index in [0.29, 0.717) is 16.9 Å². The van der Waals surface area contributed by atoms with Crippen molar-refractivity contribution in [1.29, 1.82) is 5.26 Å². The number of nitrogens with zero attached hydrogens (tertiary/aromatic N) is 2. The Bertz CT molecular complexity index is 1300. The maximum absolute atomic E-state index is 10.0. The Labute approximate surface area is 194 Å². The van der Waals surface area contributed by atoms with Crippen LogP contribution < -0.4 is 9.47 Å². The molecule has 0 saturated heterocycles. The minimum absolute atomic E-state index is 0.254. The lowest BCUT2D eigenvalue weighted by Gasteiger charge is -2.06. The van der Waals surface area contributed by atoms with E-state index in [1.165, 1.54) is 0 Å². The average molecular weight is 487 g/mol. The van der Waals surface area contributed by atoms with Gasteiger partial charge in [0.05, 0.1) is 14.2 Å². The molecule has 158 valence electrons. The largest absolute Gasteiger partial charge is 0.497 e. The molecule has 4 aromatic rings. The Morgan fingerprint density at radius 2 is 1.53 bits per heavy atom. The van der Waals surface area contributed by atoms with E-state index in [4.69, 9.17) is 13.9 Å². The quantitative estimate of drug-likeness (QED) is 0.274. The van der Waals surface area contributed by atoms with Crippen LogP contribution in [0.5, 0.6) is 11.5 Å². The molecule has 6 heteroatoms. The van der Waals surface area contributed by atoms with Crippen LogP contribution in [0, 0.1) is 11.3 Å². The predicted molar refractivity (Wildman–Crippen MR) is 129 cm³/mol. The summed E-state index contributed by atoms with van der Waals surface area (Å²) in [6.45, 7) is 0. The second-order valence-corrected chi connectivity index (χ2v) is 7.78. The van der Waals surface area contributed by atoms with E-state index in [-0.39, 0.29) is 5.88 Å². The van der Waals surface area contributed by atoms with Gasteiger partial charge in [-0.05, 0) is 59.7 Å². The van der Waals surface area contributed by atoms with Crippen LogP contribution in [-0.2, 0) is 0 Å². The molecule has 5 nitrogen and oxygen atoms in total. The monoisotopic (exact) mass is 486 g/mol. The first-order valence-corrected chi connectivity index (χ1v) is 10.6. The summed E-state index contributed by atoms with van der Waals surface area (Å²) in [5.74, 6) is 2.29. The van der Waals surface area contributed by atoms with Gasteiger partial charge in [-0.15, -0.1) is 0 Å². The number of benzene rings is 3. The molecular weight excluding hydrogens is 468 g/mol. The van der Waals surface area contributed by atoms with Crippen LogP contribution in [0.1, 0.15) is 11.1 Å². The summed E-state index contributed by atoms with van der Waals surface area (Å²) < 4.78 is 17.6. The zero-order valence-electron chi connectivity index (χ0n) is 17.5. The molecule has 0 aliphatic rings. The second kappa shape index (κ2) is 9.54. The lowest BCUT2D eigenvalue weighted by atomic mass is 9.98. The lowest BCUT2D eigenvalue weighted by Crippen LogP contribution is -1.87. The van der Waals surface area contributed by atoms with E-state index in [9.17, 15) is 5.26 Å². The van der Waals surface area contributed by atoms with Crippen molar-refractivity contribution in [3.05, 3.63) is 88.4 Å². The predicted octanol–water partition coefficient (Wildman–Crippen LogP) is 7.02. The number of methoxy groups -OCH3 is 2.